The van der Waals surface area contributed by atoms with Gasteiger partial charge in [0.05, 0.1) is 38.4 Å². The van der Waals surface area contributed by atoms with Crippen molar-refractivity contribution in [2.24, 2.45) is 17.6 Å². The van der Waals surface area contributed by atoms with Crippen LogP contribution in [0.1, 0.15) is 134 Å². The summed E-state index contributed by atoms with van der Waals surface area (Å²) in [5, 5.41) is 118. The number of fused-ring (bicyclic) bond motifs is 22. The SMILES string of the molecule is CC[C@H](C)[C@@H]1NC(=O)[C@H](C)NC(=O)[C@@H]2NC(=O)[C@H]([C@@H](C)CC)NC(=O)[C@@H]3CCCN3C(=O)CNC(=O)[C@H](CO)NC(=O)[C@@H]3CNCCCC[C@@H](C(=O)O)NC(=O)[C@@H]4NC(=O)[C@H]([C@@H](C)O)NC(=O)CNC(=O)[C@H]([C@@H](O)C(=O)O)NC(=O)[C@H](CS[C@@H](C)[C@@H](NC(=O)[C@H](CO)NC(=O)[C@H](C)NC(=O)[C@@H](NC(=O)[C@H](CCC(=O)O)NC(=O)[C@H](C)N)CS[C@H]4C)C(=O)N[C@@H](CS[C@H]2C)C(=O)N3)NC1=O. The van der Waals surface area contributed by atoms with Crippen LogP contribution < -0.4 is 112 Å². The van der Waals surface area contributed by atoms with Crippen molar-refractivity contribution in [1.29, 1.82) is 0 Å². The predicted molar refractivity (Wildman–Crippen MR) is 474 cm³/mol. The van der Waals surface area contributed by atoms with Crippen LogP contribution in [-0.2, 0) is 110 Å². The molecule has 5 rings (SSSR count). The molecule has 55 heteroatoms. The molecule has 5 aliphatic rings. The second-order valence-corrected chi connectivity index (χ2v) is 37.4. The fourth-order valence-corrected chi connectivity index (χ4v) is 17.3. The van der Waals surface area contributed by atoms with E-state index in [-0.39, 0.29) is 51.6 Å². The van der Waals surface area contributed by atoms with Crippen molar-refractivity contribution in [2.75, 3.05) is 63.2 Å². The quantitative estimate of drug-likeness (QED) is 0.0601. The summed E-state index contributed by atoms with van der Waals surface area (Å²) in [5.74, 6) is -35.4. The fourth-order valence-electron chi connectivity index (χ4n) is 13.9. The summed E-state index contributed by atoms with van der Waals surface area (Å²) in [7, 11) is 0. The van der Waals surface area contributed by atoms with Crippen LogP contribution in [0.2, 0.25) is 0 Å². The van der Waals surface area contributed by atoms with Gasteiger partial charge in [0.15, 0.2) is 6.10 Å². The molecule has 0 unspecified atom stereocenters. The number of hydrogen-bond donors (Lipinski definition) is 28. The van der Waals surface area contributed by atoms with Crippen molar-refractivity contribution in [3.63, 3.8) is 0 Å². The number of nitrogens with two attached hydrogens (primary N) is 1. The molecule has 0 aromatic carbocycles. The number of hydrogen-bond acceptors (Lipinski definition) is 32. The average Bonchev–Trinajstić information content (AvgIpc) is 1.76. The lowest BCUT2D eigenvalue weighted by Crippen LogP contribution is -2.64. The van der Waals surface area contributed by atoms with Crippen molar-refractivity contribution in [3.05, 3.63) is 0 Å². The molecule has 0 aromatic heterocycles. The Hall–Kier alpha value is -11.4. The van der Waals surface area contributed by atoms with Crippen LogP contribution >= 0.6 is 35.3 Å². The Morgan fingerprint density at radius 1 is 0.463 bits per heavy atom. The number of nitrogens with one attached hydrogen (secondary N) is 20. The number of aliphatic hydroxyl groups excluding tert-OH is 4. The summed E-state index contributed by atoms with van der Waals surface area (Å²) in [6.07, 6.45) is -6.75. The molecule has 0 radical (unpaired) electrons. The molecule has 0 saturated carbocycles. The molecular formula is C79H126N22O30S3. The van der Waals surface area contributed by atoms with Gasteiger partial charge in [0.1, 0.15) is 109 Å². The molecule has 5 saturated heterocycles. The van der Waals surface area contributed by atoms with E-state index in [9.17, 15) is 112 Å². The lowest BCUT2D eigenvalue weighted by molar-refractivity contribution is -0.152. The second kappa shape index (κ2) is 54.2. The van der Waals surface area contributed by atoms with Crippen LogP contribution in [0.5, 0.6) is 0 Å². The number of carbonyl (C=O) groups is 23. The van der Waals surface area contributed by atoms with Crippen LogP contribution in [0, 0.1) is 11.8 Å². The third kappa shape index (κ3) is 33.9. The molecule has 52 nitrogen and oxygen atoms in total. The number of aliphatic carboxylic acids is 3. The van der Waals surface area contributed by atoms with Gasteiger partial charge < -0.3 is 153 Å². The highest BCUT2D eigenvalue weighted by atomic mass is 32.2. The highest BCUT2D eigenvalue weighted by Gasteiger charge is 2.46. The van der Waals surface area contributed by atoms with Crippen LogP contribution in [0.15, 0.2) is 0 Å². The Morgan fingerprint density at radius 3 is 1.46 bits per heavy atom. The fraction of sp³-hybridized carbons (Fsp3) is 0.709. The van der Waals surface area contributed by atoms with Gasteiger partial charge in [0, 0.05) is 52.5 Å². The Balaban J connectivity index is 1.95. The molecule has 20 amide bonds. The zero-order chi connectivity index (χ0) is 101. The first kappa shape index (κ1) is 113. The summed E-state index contributed by atoms with van der Waals surface area (Å²) in [6.45, 7) is 8.43. The van der Waals surface area contributed by atoms with Gasteiger partial charge >= 0.3 is 17.9 Å². The van der Waals surface area contributed by atoms with Crippen molar-refractivity contribution in [1.82, 2.24) is 111 Å². The molecule has 29 N–H and O–H groups in total. The number of carboxylic acid groups (broad SMARTS) is 3. The number of aliphatic hydroxyl groups is 4. The largest absolute Gasteiger partial charge is 0.481 e. The number of thioether (sulfide) groups is 3. The number of carbonyl (C=O) groups excluding carboxylic acids is 20. The maximum Gasteiger partial charge on any atom is 0.335 e. The number of rotatable bonds is 17. The molecule has 5 heterocycles. The average molecular weight is 1960 g/mol. The summed E-state index contributed by atoms with van der Waals surface area (Å²) in [6, 6.07) is -37.0. The number of amides is 20. The van der Waals surface area contributed by atoms with Crippen LogP contribution in [0.25, 0.3) is 0 Å². The van der Waals surface area contributed by atoms with Crippen molar-refractivity contribution in [3.8, 4) is 0 Å². The number of nitrogens with zero attached hydrogens (tertiary/aromatic N) is 1. The van der Waals surface area contributed by atoms with E-state index >= 15 is 33.6 Å². The smallest absolute Gasteiger partial charge is 0.335 e. The topological polar surface area (TPSA) is 804 Å². The summed E-state index contributed by atoms with van der Waals surface area (Å²) >= 11 is 1.60. The van der Waals surface area contributed by atoms with E-state index in [1.54, 1.807) is 20.8 Å². The zero-order valence-electron chi connectivity index (χ0n) is 75.7. The highest BCUT2D eigenvalue weighted by molar-refractivity contribution is 8.00. The van der Waals surface area contributed by atoms with E-state index in [2.05, 4.69) is 95.7 Å². The minimum atomic E-state index is -2.99. The molecule has 5 aliphatic heterocycles. The van der Waals surface area contributed by atoms with Crippen LogP contribution in [0.4, 0.5) is 0 Å². The van der Waals surface area contributed by atoms with Gasteiger partial charge in [-0.25, -0.2) is 9.59 Å². The molecular weight excluding hydrogens is 1830 g/mol. The summed E-state index contributed by atoms with van der Waals surface area (Å²) < 4.78 is 0. The first-order valence-electron chi connectivity index (χ1n) is 43.6. The second-order valence-electron chi connectivity index (χ2n) is 33.1. The molecule has 0 aromatic rings. The minimum Gasteiger partial charge on any atom is -0.481 e. The maximum absolute atomic E-state index is 15.9. The van der Waals surface area contributed by atoms with E-state index in [1.165, 1.54) is 34.6 Å². The van der Waals surface area contributed by atoms with Gasteiger partial charge in [-0.1, -0.05) is 61.3 Å². The molecule has 750 valence electrons. The van der Waals surface area contributed by atoms with Gasteiger partial charge in [-0.05, 0) is 84.6 Å². The van der Waals surface area contributed by atoms with Crippen LogP contribution in [-0.4, -0.2) is 383 Å². The highest BCUT2D eigenvalue weighted by Crippen LogP contribution is 2.25. The maximum atomic E-state index is 15.9. The monoisotopic (exact) mass is 1960 g/mol. The van der Waals surface area contributed by atoms with E-state index in [4.69, 9.17) is 5.73 Å². The predicted octanol–water partition coefficient (Wildman–Crippen LogP) is -13.1. The van der Waals surface area contributed by atoms with E-state index < -0.39 is 360 Å². The van der Waals surface area contributed by atoms with E-state index in [0.29, 0.717) is 35.3 Å². The summed E-state index contributed by atoms with van der Waals surface area (Å²) in [5.41, 5.74) is 5.77. The molecule has 0 spiro atoms. The number of carboxylic acids is 3. The molecule has 5 fully saturated rings. The Morgan fingerprint density at radius 2 is 0.925 bits per heavy atom. The standard InChI is InChI=1S/C79H126N22O30S3/c1-12-31(3)52-72(122)92-47-30-134-38(10)56-77(127)93-46-29-133-37(9)55(75(125)85-35(7)62(112)95-52)98-73(123)53(32(4)13-2)96-70(120)48-18-16-22-101(48)50(106)25-83-63(113)43(26-102)90-65(115)42(88-68(46)118)23-81-21-15-14-17-41(78(128)129)87-76(126)57(99-74(124)54(36(8)104)94-49(105)24-82-71(121)58(100-69(47)119)59(109)79(130)131)39(11)132-28-45(67(117)84-34(6)61(111)89-44(27-103)66(116)97-56)91-64(114)40(19-20-51(107)108)86-60(110)33(5)80/h31-48,52-59,81,102-104,109H,12-30,80H2,1-11H3,(H,82,121)(H,83,113)(H,84,117)(H,85,125)(H,86,110)(H,87,126)(H,88,118)(H,89,111)(H,90,115)(H,91,114)(H,92,122)(H,93,127)(H,94,105)(H,95,112)(H,96,120)(H,97,116)(H,98,123)(H,99,124)(H,100,119)(H,107,108)(H,128,129)(H,130,131)/t31-,32-,33-,34-,35-,36+,37-,38-,39-,40-,41-,42-,43-,44-,45-,46-,47-,48-,52-,53-,54-,55+,56+,57+,58-,59+/m0/s1. The Labute approximate surface area is 782 Å². The van der Waals surface area contributed by atoms with Crippen molar-refractivity contribution >= 4 is 171 Å². The normalized spacial score (nSPS) is 30.8. The Bertz CT molecular complexity index is 4290. The van der Waals surface area contributed by atoms with Gasteiger partial charge in [0.25, 0.3) is 0 Å². The summed E-state index contributed by atoms with van der Waals surface area (Å²) in [4.78, 5) is 334. The van der Waals surface area contributed by atoms with E-state index in [0.717, 1.165) is 25.7 Å². The molecule has 26 atom stereocenters. The minimum absolute atomic E-state index is 0.0331. The van der Waals surface area contributed by atoms with Crippen molar-refractivity contribution in [2.45, 2.75) is 277 Å². The van der Waals surface area contributed by atoms with Gasteiger partial charge in [0.2, 0.25) is 118 Å². The molecule has 134 heavy (non-hydrogen) atoms. The van der Waals surface area contributed by atoms with Crippen molar-refractivity contribution < 1.29 is 146 Å². The van der Waals surface area contributed by atoms with Gasteiger partial charge in [-0.3, -0.25) is 101 Å². The van der Waals surface area contributed by atoms with Crippen LogP contribution in [0.3, 0.4) is 0 Å². The third-order valence-electron chi connectivity index (χ3n) is 22.7. The first-order valence-corrected chi connectivity index (χ1v) is 46.7. The van der Waals surface area contributed by atoms with Gasteiger partial charge in [-0.15, -0.1) is 0 Å². The first-order chi connectivity index (χ1) is 63.0. The van der Waals surface area contributed by atoms with Gasteiger partial charge in [-0.2, -0.15) is 35.3 Å². The van der Waals surface area contributed by atoms with E-state index in [1.807, 2.05) is 10.6 Å². The zero-order valence-corrected chi connectivity index (χ0v) is 78.2. The lowest BCUT2D eigenvalue weighted by Gasteiger charge is -2.33. The Kier molecular flexibility index (Phi) is 45.8. The lowest BCUT2D eigenvalue weighted by atomic mass is 9.97. The molecule has 6 bridgehead atoms. The molecule has 0 aliphatic carbocycles. The third-order valence-corrected chi connectivity index (χ3v) is 26.6.